The van der Waals surface area contributed by atoms with Gasteiger partial charge in [-0.15, -0.1) is 0 Å². The highest BCUT2D eigenvalue weighted by Crippen LogP contribution is 2.43. The highest BCUT2D eigenvalue weighted by atomic mass is 28.4. The van der Waals surface area contributed by atoms with Crippen molar-refractivity contribution >= 4 is 19.9 Å². The number of methoxy groups -OCH3 is 1. The van der Waals surface area contributed by atoms with Crippen LogP contribution in [-0.2, 0) is 18.8 Å². The third-order valence-electron chi connectivity index (χ3n) is 3.18. The van der Waals surface area contributed by atoms with E-state index in [1.807, 2.05) is 26.9 Å². The third-order valence-corrected chi connectivity index (χ3v) is 5.90. The molecular weight excluding hydrogens is 236 g/mol. The van der Waals surface area contributed by atoms with Gasteiger partial charge in [-0.25, -0.2) is 0 Å². The smallest absolute Gasteiger partial charge is 0.267 e. The Morgan fingerprint density at radius 3 is 2.35 bits per heavy atom. The van der Waals surface area contributed by atoms with E-state index >= 15 is 0 Å². The van der Waals surface area contributed by atoms with Crippen LogP contribution in [0.1, 0.15) is 13.8 Å². The Bertz CT molecular complexity index is 483. The highest BCUT2D eigenvalue weighted by Gasteiger charge is 2.52. The van der Waals surface area contributed by atoms with Gasteiger partial charge in [0.25, 0.3) is 5.78 Å². The summed E-state index contributed by atoms with van der Waals surface area (Å²) >= 11 is 0. The van der Waals surface area contributed by atoms with Gasteiger partial charge in [0.2, 0.25) is 14.1 Å². The fourth-order valence-electron chi connectivity index (χ4n) is 2.58. The van der Waals surface area contributed by atoms with Gasteiger partial charge in [0.15, 0.2) is 5.76 Å². The van der Waals surface area contributed by atoms with Crippen molar-refractivity contribution in [1.29, 1.82) is 0 Å². The van der Waals surface area contributed by atoms with Crippen molar-refractivity contribution in [3.63, 3.8) is 0 Å². The van der Waals surface area contributed by atoms with Crippen molar-refractivity contribution in [3.8, 4) is 0 Å². The number of hydrogen-bond acceptors (Lipinski definition) is 4. The van der Waals surface area contributed by atoms with Gasteiger partial charge in [0, 0.05) is 5.20 Å². The third kappa shape index (κ3) is 1.61. The predicted molar refractivity (Wildman–Crippen MR) is 64.8 cm³/mol. The number of ether oxygens (including phenoxy) is 1. The molecule has 0 unspecified atom stereocenters. The summed E-state index contributed by atoms with van der Waals surface area (Å²) in [4.78, 5) is 23.9. The minimum atomic E-state index is -2.28. The van der Waals surface area contributed by atoms with Crippen molar-refractivity contribution in [2.75, 3.05) is 7.11 Å². The first-order chi connectivity index (χ1) is 7.70. The summed E-state index contributed by atoms with van der Waals surface area (Å²) < 4.78 is 10.9. The minimum absolute atomic E-state index is 0.108. The molecule has 5 heteroatoms. The standard InChI is InChI=1S/C12H16O4Si/c1-12(2)7-6-8(15-3)9(13)10(14)11(7)17(4,5)16-12/h6H,1-5H3. The van der Waals surface area contributed by atoms with Crippen molar-refractivity contribution < 1.29 is 18.8 Å². The molecule has 0 saturated heterocycles. The van der Waals surface area contributed by atoms with Crippen molar-refractivity contribution in [2.45, 2.75) is 32.5 Å². The predicted octanol–water partition coefficient (Wildman–Crippen LogP) is 1.52. The lowest BCUT2D eigenvalue weighted by Gasteiger charge is -2.25. The molecule has 0 aromatic carbocycles. The minimum Gasteiger partial charge on any atom is -0.492 e. The molecule has 1 aliphatic carbocycles. The van der Waals surface area contributed by atoms with E-state index in [4.69, 9.17) is 9.16 Å². The van der Waals surface area contributed by atoms with Crippen LogP contribution >= 0.6 is 0 Å². The van der Waals surface area contributed by atoms with Crippen LogP contribution in [0.2, 0.25) is 13.1 Å². The highest BCUT2D eigenvalue weighted by molar-refractivity contribution is 6.88. The number of rotatable bonds is 1. The van der Waals surface area contributed by atoms with Crippen LogP contribution in [0.4, 0.5) is 0 Å². The van der Waals surface area contributed by atoms with Crippen molar-refractivity contribution in [3.05, 3.63) is 22.6 Å². The fourth-order valence-corrected chi connectivity index (χ4v) is 5.75. The topological polar surface area (TPSA) is 52.6 Å². The zero-order valence-electron chi connectivity index (χ0n) is 10.7. The first-order valence-electron chi connectivity index (χ1n) is 5.51. The maximum Gasteiger partial charge on any atom is 0.267 e. The molecule has 0 fully saturated rings. The fraction of sp³-hybridized carbons (Fsp3) is 0.500. The van der Waals surface area contributed by atoms with Crippen LogP contribution in [0.5, 0.6) is 0 Å². The molecular formula is C12H16O4Si. The van der Waals surface area contributed by atoms with E-state index in [1.54, 1.807) is 6.08 Å². The molecule has 0 aromatic heterocycles. The number of carbonyl (C=O) groups excluding carboxylic acids is 2. The summed E-state index contributed by atoms with van der Waals surface area (Å²) in [6, 6.07) is 0. The Morgan fingerprint density at radius 1 is 1.24 bits per heavy atom. The van der Waals surface area contributed by atoms with E-state index in [0.29, 0.717) is 5.20 Å². The van der Waals surface area contributed by atoms with E-state index in [0.717, 1.165) is 5.57 Å². The molecule has 0 spiro atoms. The monoisotopic (exact) mass is 252 g/mol. The lowest BCUT2D eigenvalue weighted by atomic mass is 9.91. The SMILES string of the molecule is COC1=CC2=C(C(=O)C1=O)[Si](C)(C)OC2(C)C. The maximum atomic E-state index is 12.1. The van der Waals surface area contributed by atoms with Crippen LogP contribution in [0.15, 0.2) is 22.6 Å². The summed E-state index contributed by atoms with van der Waals surface area (Å²) in [5.41, 5.74) is 0.279. The summed E-state index contributed by atoms with van der Waals surface area (Å²) in [7, 11) is -0.879. The Balaban J connectivity index is 2.67. The van der Waals surface area contributed by atoms with Crippen molar-refractivity contribution in [1.82, 2.24) is 0 Å². The molecule has 0 radical (unpaired) electrons. The number of ketones is 2. The molecule has 1 aliphatic heterocycles. The maximum absolute atomic E-state index is 12.1. The summed E-state index contributed by atoms with van der Waals surface area (Å²) in [6.45, 7) is 7.70. The molecule has 17 heavy (non-hydrogen) atoms. The van der Waals surface area contributed by atoms with Crippen LogP contribution in [0, 0.1) is 0 Å². The summed E-state index contributed by atoms with van der Waals surface area (Å²) in [6.07, 6.45) is 1.65. The molecule has 0 amide bonds. The second-order valence-corrected chi connectivity index (χ2v) is 9.01. The Labute approximate surface area is 101 Å². The van der Waals surface area contributed by atoms with Gasteiger partial charge in [-0.3, -0.25) is 9.59 Å². The van der Waals surface area contributed by atoms with Gasteiger partial charge in [-0.05, 0) is 38.6 Å². The van der Waals surface area contributed by atoms with Crippen LogP contribution in [-0.4, -0.2) is 32.6 Å². The zero-order chi connectivity index (χ0) is 13.0. The Hall–Kier alpha value is -1.20. The number of allylic oxidation sites excluding steroid dienone is 2. The molecule has 2 aliphatic rings. The number of Topliss-reactive ketones (excluding diaryl/α,β-unsaturated/α-hetero) is 2. The van der Waals surface area contributed by atoms with Crippen LogP contribution < -0.4 is 0 Å². The largest absolute Gasteiger partial charge is 0.492 e. The second-order valence-electron chi connectivity index (χ2n) is 5.28. The molecule has 0 aromatic rings. The first kappa shape index (κ1) is 12.3. The summed E-state index contributed by atoms with van der Waals surface area (Å²) in [5, 5.41) is 0.591. The first-order valence-corrected chi connectivity index (χ1v) is 8.41. The molecule has 4 nitrogen and oxygen atoms in total. The Morgan fingerprint density at radius 2 is 1.82 bits per heavy atom. The van der Waals surface area contributed by atoms with Gasteiger partial charge in [-0.2, -0.15) is 0 Å². The summed E-state index contributed by atoms with van der Waals surface area (Å²) in [5.74, 6) is -0.910. The second kappa shape index (κ2) is 3.40. The van der Waals surface area contributed by atoms with Crippen LogP contribution in [0.25, 0.3) is 0 Å². The average molecular weight is 252 g/mol. The van der Waals surface area contributed by atoms with Crippen molar-refractivity contribution in [2.24, 2.45) is 0 Å². The lowest BCUT2D eigenvalue weighted by Crippen LogP contribution is -2.38. The van der Waals surface area contributed by atoms with E-state index < -0.39 is 25.5 Å². The van der Waals surface area contributed by atoms with Crippen LogP contribution in [0.3, 0.4) is 0 Å². The van der Waals surface area contributed by atoms with Gasteiger partial charge in [0.1, 0.15) is 0 Å². The van der Waals surface area contributed by atoms with Gasteiger partial charge in [-0.1, -0.05) is 0 Å². The van der Waals surface area contributed by atoms with Gasteiger partial charge >= 0.3 is 0 Å². The zero-order valence-corrected chi connectivity index (χ0v) is 11.7. The number of carbonyl (C=O) groups is 2. The molecule has 2 rings (SSSR count). The van der Waals surface area contributed by atoms with Gasteiger partial charge < -0.3 is 9.16 Å². The van der Waals surface area contributed by atoms with Gasteiger partial charge in [0.05, 0.1) is 12.7 Å². The molecule has 0 saturated carbocycles. The molecule has 1 heterocycles. The molecule has 0 atom stereocenters. The molecule has 0 N–H and O–H groups in total. The van der Waals surface area contributed by atoms with E-state index in [-0.39, 0.29) is 5.76 Å². The molecule has 92 valence electrons. The van der Waals surface area contributed by atoms with E-state index in [9.17, 15) is 9.59 Å². The normalized spacial score (nSPS) is 25.8. The van der Waals surface area contributed by atoms with E-state index in [2.05, 4.69) is 0 Å². The number of hydrogen-bond donors (Lipinski definition) is 0. The lowest BCUT2D eigenvalue weighted by molar-refractivity contribution is -0.133. The molecule has 0 bridgehead atoms. The quantitative estimate of drug-likeness (QED) is 0.403. The van der Waals surface area contributed by atoms with E-state index in [1.165, 1.54) is 7.11 Å². The average Bonchev–Trinajstić information content (AvgIpc) is 2.37. The Kier molecular flexibility index (Phi) is 2.45.